The molecule has 3 aromatic rings. The van der Waals surface area contributed by atoms with Crippen molar-refractivity contribution < 1.29 is 11.0 Å². The minimum Gasteiger partial charge on any atom is -0.328 e. The lowest BCUT2D eigenvalue weighted by Crippen LogP contribution is -2.59. The number of nitrogens with zero attached hydrogens (tertiary/aromatic N) is 5. The molecule has 0 aromatic carbocycles. The molecule has 9 heteroatoms. The normalized spacial score (nSPS) is 19.6. The summed E-state index contributed by atoms with van der Waals surface area (Å²) in [7, 11) is 2.20. The number of carbonyl (C=O) groups excluding carboxylic acids is 2. The molecule has 2 fully saturated rings. The van der Waals surface area contributed by atoms with Crippen LogP contribution in [0.4, 0.5) is 5.69 Å². The van der Waals surface area contributed by atoms with E-state index in [1.165, 1.54) is 41.4 Å². The van der Waals surface area contributed by atoms with Crippen molar-refractivity contribution in [3.8, 4) is 0 Å². The zero-order chi connectivity index (χ0) is 26.6. The van der Waals surface area contributed by atoms with E-state index in [1.807, 2.05) is 35.1 Å². The Morgan fingerprint density at radius 2 is 2.03 bits per heavy atom. The summed E-state index contributed by atoms with van der Waals surface area (Å²) in [5.74, 6) is -0.303. The molecule has 1 aliphatic heterocycles. The number of aryl methyl sites for hydroxylation is 1. The number of nitrogens with one attached hydrogen (secondary N) is 1. The number of hydrogen-bond donors (Lipinski definition) is 1. The number of carbonyl (C=O) groups is 2. The molecule has 1 saturated carbocycles. The average Bonchev–Trinajstić information content (AvgIpc) is 3.48. The number of likely N-dealkylation sites (tertiary alicyclic amines) is 1. The molecular weight excluding hydrogens is 496 g/mol. The van der Waals surface area contributed by atoms with Crippen molar-refractivity contribution in [1.29, 1.82) is 0 Å². The lowest BCUT2D eigenvalue weighted by Gasteiger charge is -2.58. The van der Waals surface area contributed by atoms with Gasteiger partial charge in [0.15, 0.2) is 0 Å². The van der Waals surface area contributed by atoms with Gasteiger partial charge in [0.1, 0.15) is 5.65 Å². The van der Waals surface area contributed by atoms with Gasteiger partial charge in [0.05, 0.1) is 16.7 Å². The largest absolute Gasteiger partial charge is 0.328 e. The van der Waals surface area contributed by atoms with Gasteiger partial charge >= 0.3 is 11.8 Å². The molecule has 1 atom stereocenters. The molecule has 0 unspecified atom stereocenters. The molecule has 2 aliphatic carbocycles. The smallest absolute Gasteiger partial charge is 0.313 e. The summed E-state index contributed by atoms with van der Waals surface area (Å²) in [5, 5.41) is 4.06. The first-order valence-electron chi connectivity index (χ1n) is 13.6. The fourth-order valence-corrected chi connectivity index (χ4v) is 7.66. The molecule has 1 saturated heterocycles. The summed E-state index contributed by atoms with van der Waals surface area (Å²) < 4.78 is 1.85. The Morgan fingerprint density at radius 3 is 2.76 bits per heavy atom. The summed E-state index contributed by atoms with van der Waals surface area (Å²) in [6.45, 7) is 9.14. The van der Waals surface area contributed by atoms with Crippen LogP contribution in [0.5, 0.6) is 0 Å². The predicted octanol–water partition coefficient (Wildman–Crippen LogP) is 4.69. The van der Waals surface area contributed by atoms with Crippen LogP contribution in [-0.4, -0.2) is 68.7 Å². The Kier molecular flexibility index (Phi) is 6.39. The van der Waals surface area contributed by atoms with E-state index in [0.717, 1.165) is 18.5 Å². The highest BCUT2D eigenvalue weighted by Crippen LogP contribution is 2.56. The van der Waals surface area contributed by atoms with Crippen molar-refractivity contribution >= 4 is 40.6 Å². The molecule has 1 spiro atoms. The van der Waals surface area contributed by atoms with Gasteiger partial charge in [0, 0.05) is 62.2 Å². The first-order valence-corrected chi connectivity index (χ1v) is 14.4. The van der Waals surface area contributed by atoms with Crippen LogP contribution < -0.4 is 5.32 Å². The van der Waals surface area contributed by atoms with E-state index in [-0.39, 0.29) is 13.4 Å². The molecule has 4 heterocycles. The number of aromatic nitrogens is 3. The summed E-state index contributed by atoms with van der Waals surface area (Å²) in [6.07, 6.45) is 11.9. The molecule has 3 aliphatic rings. The summed E-state index contributed by atoms with van der Waals surface area (Å²) in [4.78, 5) is 41.3. The van der Waals surface area contributed by atoms with Crippen LogP contribution >= 0.6 is 11.3 Å². The van der Waals surface area contributed by atoms with Crippen LogP contribution in [0.25, 0.3) is 11.7 Å². The maximum absolute atomic E-state index is 13.4. The van der Waals surface area contributed by atoms with Crippen LogP contribution in [0.3, 0.4) is 0 Å². The van der Waals surface area contributed by atoms with Crippen molar-refractivity contribution in [1.82, 2.24) is 24.2 Å². The number of fused-ring (bicyclic) bond motifs is 2. The first-order chi connectivity index (χ1) is 18.2. The minimum atomic E-state index is -0.623. The highest BCUT2D eigenvalue weighted by atomic mass is 32.1. The monoisotopic (exact) mass is 534 g/mol. The standard InChI is InChI=1S/C29H36N6O2S.H2/c1-18(2)15-35(28(37)26(36)31-22-7-9-34-10-8-30-25(34)12-22)19(3)20-5-6-24-23(11-20)32-27(38-24)21-13-29(14-21)16-33(4)17-29;/h7-12,18-19,21H,5-6,13-17H2,1-4H3,(H,31,36);1H/t19-;/m1./s1. The number of hydrogen-bond acceptors (Lipinski definition) is 6. The van der Waals surface area contributed by atoms with Crippen molar-refractivity contribution in [3.63, 3.8) is 0 Å². The summed E-state index contributed by atoms with van der Waals surface area (Å²) in [6, 6.07) is 3.36. The molecule has 2 amide bonds. The third-order valence-corrected chi connectivity index (χ3v) is 9.60. The third-order valence-electron chi connectivity index (χ3n) is 8.30. The van der Waals surface area contributed by atoms with Crippen LogP contribution in [-0.2, 0) is 16.0 Å². The first kappa shape index (κ1) is 25.2. The van der Waals surface area contributed by atoms with E-state index in [4.69, 9.17) is 4.98 Å². The van der Waals surface area contributed by atoms with Gasteiger partial charge in [-0.05, 0) is 68.7 Å². The second-order valence-electron chi connectivity index (χ2n) is 11.9. The van der Waals surface area contributed by atoms with Crippen LogP contribution in [0.2, 0.25) is 0 Å². The van der Waals surface area contributed by atoms with E-state index in [1.54, 1.807) is 23.2 Å². The maximum atomic E-state index is 13.4. The maximum Gasteiger partial charge on any atom is 0.313 e. The number of thiazole rings is 1. The molecule has 0 radical (unpaired) electrons. The van der Waals surface area contributed by atoms with Gasteiger partial charge in [-0.1, -0.05) is 13.8 Å². The molecule has 202 valence electrons. The van der Waals surface area contributed by atoms with Crippen molar-refractivity contribution in [2.75, 3.05) is 32.0 Å². The molecule has 8 nitrogen and oxygen atoms in total. The van der Waals surface area contributed by atoms with Gasteiger partial charge in [-0.3, -0.25) is 9.59 Å². The second-order valence-corrected chi connectivity index (χ2v) is 13.1. The number of rotatable bonds is 6. The van der Waals surface area contributed by atoms with Gasteiger partial charge in [0.25, 0.3) is 0 Å². The Labute approximate surface area is 229 Å². The molecule has 1 N–H and O–H groups in total. The van der Waals surface area contributed by atoms with Crippen molar-refractivity contribution in [3.05, 3.63) is 51.9 Å². The quantitative estimate of drug-likeness (QED) is 0.464. The molecular formula is C29H38N6O2S. The zero-order valence-electron chi connectivity index (χ0n) is 22.6. The minimum absolute atomic E-state index is 0. The lowest BCUT2D eigenvalue weighted by molar-refractivity contribution is -0.144. The van der Waals surface area contributed by atoms with Crippen molar-refractivity contribution in [2.24, 2.45) is 11.3 Å². The highest BCUT2D eigenvalue weighted by molar-refractivity contribution is 7.12. The number of anilines is 1. The van der Waals surface area contributed by atoms with E-state index in [0.29, 0.717) is 29.2 Å². The van der Waals surface area contributed by atoms with Crippen molar-refractivity contribution in [2.45, 2.75) is 58.4 Å². The second kappa shape index (κ2) is 9.61. The van der Waals surface area contributed by atoms with E-state index < -0.39 is 11.8 Å². The van der Waals surface area contributed by atoms with E-state index in [9.17, 15) is 9.59 Å². The predicted molar refractivity (Wildman–Crippen MR) is 152 cm³/mol. The molecule has 38 heavy (non-hydrogen) atoms. The Bertz CT molecular complexity index is 1410. The van der Waals surface area contributed by atoms with E-state index in [2.05, 4.69) is 42.2 Å². The van der Waals surface area contributed by atoms with Gasteiger partial charge in [-0.15, -0.1) is 11.3 Å². The van der Waals surface area contributed by atoms with Crippen LogP contribution in [0.1, 0.15) is 63.0 Å². The Balaban J connectivity index is 0.00000308. The third kappa shape index (κ3) is 4.66. The summed E-state index contributed by atoms with van der Waals surface area (Å²) >= 11 is 1.88. The average molecular weight is 535 g/mol. The van der Waals surface area contributed by atoms with Crippen LogP contribution in [0, 0.1) is 11.3 Å². The summed E-state index contributed by atoms with van der Waals surface area (Å²) in [5.41, 5.74) is 4.05. The fraction of sp³-hybridized carbons (Fsp3) is 0.517. The van der Waals surface area contributed by atoms with Crippen LogP contribution in [0.15, 0.2) is 36.3 Å². The molecule has 3 aromatic heterocycles. The Morgan fingerprint density at radius 1 is 1.24 bits per heavy atom. The lowest BCUT2D eigenvalue weighted by atomic mass is 9.58. The number of amides is 2. The number of pyridine rings is 1. The number of imidazole rings is 1. The van der Waals surface area contributed by atoms with Gasteiger partial charge < -0.3 is 19.5 Å². The van der Waals surface area contributed by atoms with E-state index >= 15 is 0 Å². The highest BCUT2D eigenvalue weighted by Gasteiger charge is 2.52. The topological polar surface area (TPSA) is 82.8 Å². The van der Waals surface area contributed by atoms with Gasteiger partial charge in [0.2, 0.25) is 0 Å². The Hall–Kier alpha value is -3.04. The molecule has 0 bridgehead atoms. The fourth-order valence-electron chi connectivity index (χ4n) is 6.51. The zero-order valence-corrected chi connectivity index (χ0v) is 23.4. The SMILES string of the molecule is CC(C)CN(C(=O)C(=O)Nc1ccn2ccnc2c1)[C@H](C)C1=Cc2nc(C3CC4(C3)CN(C)C4)sc2CC1.[HH]. The van der Waals surface area contributed by atoms with Gasteiger partial charge in [-0.25, -0.2) is 9.97 Å². The van der Waals surface area contributed by atoms with Gasteiger partial charge in [-0.2, -0.15) is 0 Å². The molecule has 6 rings (SSSR count).